The number of hydrogen-bond acceptors (Lipinski definition) is 7. The fourth-order valence-corrected chi connectivity index (χ4v) is 4.56. The van der Waals surface area contributed by atoms with Crippen LogP contribution < -0.4 is 10.3 Å². The van der Waals surface area contributed by atoms with Crippen molar-refractivity contribution < 1.29 is 23.7 Å². The highest BCUT2D eigenvalue weighted by molar-refractivity contribution is 5.90. The van der Waals surface area contributed by atoms with Crippen LogP contribution in [0.1, 0.15) is 23.6 Å². The first-order valence-corrected chi connectivity index (χ1v) is 10.7. The molecule has 0 bridgehead atoms. The molecule has 8 nitrogen and oxygen atoms in total. The van der Waals surface area contributed by atoms with Crippen molar-refractivity contribution in [2.24, 2.45) is 0 Å². The zero-order valence-corrected chi connectivity index (χ0v) is 17.9. The first kappa shape index (κ1) is 21.2. The summed E-state index contributed by atoms with van der Waals surface area (Å²) in [6.07, 6.45) is -1.40. The number of nitrogens with zero attached hydrogens (tertiary/aromatic N) is 1. The number of nitriles is 1. The van der Waals surface area contributed by atoms with Crippen LogP contribution in [0, 0.1) is 11.3 Å². The summed E-state index contributed by atoms with van der Waals surface area (Å²) in [7, 11) is 0. The Labute approximate surface area is 189 Å². The fraction of sp³-hybridized carbons (Fsp3) is 0.320. The summed E-state index contributed by atoms with van der Waals surface area (Å²) in [5.74, 6) is -0.188. The smallest absolute Gasteiger partial charge is 0.303 e. The molecule has 2 aliphatic rings. The Hall–Kier alpha value is -3.67. The minimum absolute atomic E-state index is 0.0963. The van der Waals surface area contributed by atoms with E-state index in [4.69, 9.17) is 18.9 Å². The summed E-state index contributed by atoms with van der Waals surface area (Å²) in [6.45, 7) is 1.73. The third-order valence-corrected chi connectivity index (χ3v) is 5.98. The molecule has 2 aromatic carbocycles. The van der Waals surface area contributed by atoms with E-state index in [1.165, 1.54) is 6.92 Å². The van der Waals surface area contributed by atoms with E-state index in [0.717, 1.165) is 11.1 Å². The number of nitrogens with one attached hydrogen (secondary N) is 1. The van der Waals surface area contributed by atoms with Crippen molar-refractivity contribution >= 4 is 16.9 Å². The molecule has 168 valence electrons. The number of esters is 1. The van der Waals surface area contributed by atoms with Crippen LogP contribution in [-0.2, 0) is 25.4 Å². The Kier molecular flexibility index (Phi) is 5.58. The lowest BCUT2D eigenvalue weighted by atomic mass is 9.98. The number of hydrogen-bond donors (Lipinski definition) is 1. The van der Waals surface area contributed by atoms with Gasteiger partial charge in [-0.1, -0.05) is 42.5 Å². The lowest BCUT2D eigenvalue weighted by Gasteiger charge is -2.21. The summed E-state index contributed by atoms with van der Waals surface area (Å²) in [5, 5.41) is 10.4. The number of benzene rings is 2. The first-order valence-electron chi connectivity index (χ1n) is 10.7. The molecule has 8 heteroatoms. The molecule has 33 heavy (non-hydrogen) atoms. The molecule has 3 aromatic rings. The molecule has 0 unspecified atom stereocenters. The fourth-order valence-electron chi connectivity index (χ4n) is 4.56. The van der Waals surface area contributed by atoms with Gasteiger partial charge < -0.3 is 23.9 Å². The number of aromatic nitrogens is 1. The molecule has 0 radical (unpaired) electrons. The molecule has 3 heterocycles. The monoisotopic (exact) mass is 446 g/mol. The lowest BCUT2D eigenvalue weighted by molar-refractivity contribution is -0.150. The average molecular weight is 446 g/mol. The van der Waals surface area contributed by atoms with Crippen LogP contribution in [0.2, 0.25) is 0 Å². The second kappa shape index (κ2) is 8.70. The molecule has 1 N–H and O–H groups in total. The topological polar surface area (TPSA) is 111 Å². The SMILES string of the molecule is CC(=O)O[C@H]1CO[C@H]2[C@@H]1OC[C@@H]2Oc1c(C#N)c(=O)[nH]c2cccc(Cc3ccccc3)c12. The maximum Gasteiger partial charge on any atom is 0.303 e. The summed E-state index contributed by atoms with van der Waals surface area (Å²) in [5.41, 5.74) is 1.98. The number of pyridine rings is 1. The third kappa shape index (κ3) is 3.97. The summed E-state index contributed by atoms with van der Waals surface area (Å²) < 4.78 is 23.2. The number of carbonyl (C=O) groups is 1. The van der Waals surface area contributed by atoms with E-state index < -0.39 is 35.9 Å². The van der Waals surface area contributed by atoms with Gasteiger partial charge in [-0.3, -0.25) is 9.59 Å². The van der Waals surface area contributed by atoms with Crippen molar-refractivity contribution in [3.63, 3.8) is 0 Å². The van der Waals surface area contributed by atoms with Gasteiger partial charge in [-0.2, -0.15) is 5.26 Å². The van der Waals surface area contributed by atoms with E-state index in [1.54, 1.807) is 6.07 Å². The molecule has 0 amide bonds. The minimum Gasteiger partial charge on any atom is -0.483 e. The van der Waals surface area contributed by atoms with Crippen LogP contribution in [0.15, 0.2) is 53.3 Å². The van der Waals surface area contributed by atoms with Gasteiger partial charge in [0.1, 0.15) is 18.3 Å². The lowest BCUT2D eigenvalue weighted by Crippen LogP contribution is -2.36. The third-order valence-electron chi connectivity index (χ3n) is 5.98. The van der Waals surface area contributed by atoms with Gasteiger partial charge in [-0.15, -0.1) is 0 Å². The van der Waals surface area contributed by atoms with Crippen LogP contribution in [0.3, 0.4) is 0 Å². The van der Waals surface area contributed by atoms with Crippen LogP contribution in [0.25, 0.3) is 10.9 Å². The standard InChI is InChI=1S/C25H22N2O6/c1-14(28)32-19-12-30-24-20(13-31-23(19)24)33-22-17(11-26)25(29)27-18-9-5-8-16(21(18)22)10-15-6-3-2-4-7-15/h2-9,19-20,23-24H,10,12-13H2,1H3,(H,27,29)/t19-,20-,23+,24+/m0/s1. The van der Waals surface area contributed by atoms with Gasteiger partial charge in [-0.05, 0) is 23.6 Å². The number of fused-ring (bicyclic) bond motifs is 2. The maximum absolute atomic E-state index is 12.7. The highest BCUT2D eigenvalue weighted by Crippen LogP contribution is 2.36. The largest absolute Gasteiger partial charge is 0.483 e. The van der Waals surface area contributed by atoms with Gasteiger partial charge in [0.25, 0.3) is 5.56 Å². The van der Waals surface area contributed by atoms with E-state index in [0.29, 0.717) is 17.3 Å². The Morgan fingerprint density at radius 3 is 2.55 bits per heavy atom. The molecule has 2 saturated heterocycles. The number of carbonyl (C=O) groups excluding carboxylic acids is 1. The zero-order valence-electron chi connectivity index (χ0n) is 17.9. The zero-order chi connectivity index (χ0) is 22.9. The molecular weight excluding hydrogens is 424 g/mol. The van der Waals surface area contributed by atoms with Gasteiger partial charge in [0.2, 0.25) is 0 Å². The predicted molar refractivity (Wildman–Crippen MR) is 118 cm³/mol. The van der Waals surface area contributed by atoms with E-state index in [2.05, 4.69) is 4.98 Å². The Balaban J connectivity index is 1.54. The van der Waals surface area contributed by atoms with E-state index >= 15 is 0 Å². The van der Waals surface area contributed by atoms with Gasteiger partial charge in [-0.25, -0.2) is 0 Å². The van der Waals surface area contributed by atoms with Gasteiger partial charge in [0, 0.05) is 12.3 Å². The Morgan fingerprint density at radius 2 is 1.82 bits per heavy atom. The molecule has 2 aliphatic heterocycles. The van der Waals surface area contributed by atoms with Crippen LogP contribution in [-0.4, -0.2) is 48.6 Å². The van der Waals surface area contributed by atoms with Crippen LogP contribution in [0.5, 0.6) is 5.75 Å². The van der Waals surface area contributed by atoms with E-state index in [9.17, 15) is 14.9 Å². The van der Waals surface area contributed by atoms with Crippen molar-refractivity contribution in [1.82, 2.24) is 4.98 Å². The quantitative estimate of drug-likeness (QED) is 0.600. The number of H-pyrrole nitrogens is 1. The Bertz CT molecular complexity index is 1300. The van der Waals surface area contributed by atoms with Crippen molar-refractivity contribution in [2.45, 2.75) is 37.8 Å². The second-order valence-corrected chi connectivity index (χ2v) is 8.17. The number of aromatic amines is 1. The molecule has 1 aromatic heterocycles. The first-order chi connectivity index (χ1) is 16.0. The van der Waals surface area contributed by atoms with Crippen molar-refractivity contribution in [3.05, 3.63) is 75.6 Å². The highest BCUT2D eigenvalue weighted by Gasteiger charge is 2.50. The van der Waals surface area contributed by atoms with E-state index in [-0.39, 0.29) is 24.5 Å². The minimum atomic E-state index is -0.558. The van der Waals surface area contributed by atoms with Crippen LogP contribution >= 0.6 is 0 Å². The maximum atomic E-state index is 12.7. The Morgan fingerprint density at radius 1 is 1.09 bits per heavy atom. The van der Waals surface area contributed by atoms with Crippen molar-refractivity contribution in [2.75, 3.05) is 13.2 Å². The molecule has 2 fully saturated rings. The summed E-state index contributed by atoms with van der Waals surface area (Å²) >= 11 is 0. The van der Waals surface area contributed by atoms with Gasteiger partial charge in [0.05, 0.1) is 18.7 Å². The normalized spacial score (nSPS) is 23.8. The summed E-state index contributed by atoms with van der Waals surface area (Å²) in [4.78, 5) is 26.8. The molecule has 5 rings (SSSR count). The molecule has 0 aliphatic carbocycles. The molecule has 0 saturated carbocycles. The highest BCUT2D eigenvalue weighted by atomic mass is 16.7. The average Bonchev–Trinajstić information content (AvgIpc) is 3.37. The molecular formula is C25H22N2O6. The second-order valence-electron chi connectivity index (χ2n) is 8.17. The molecule has 0 spiro atoms. The van der Waals surface area contributed by atoms with Crippen molar-refractivity contribution in [1.29, 1.82) is 5.26 Å². The van der Waals surface area contributed by atoms with Gasteiger partial charge in [0.15, 0.2) is 23.5 Å². The number of ether oxygens (including phenoxy) is 4. The predicted octanol–water partition coefficient (Wildman–Crippen LogP) is 2.47. The number of rotatable bonds is 5. The summed E-state index contributed by atoms with van der Waals surface area (Å²) in [6, 6.07) is 17.5. The van der Waals surface area contributed by atoms with Crippen molar-refractivity contribution in [3.8, 4) is 11.8 Å². The molecule has 4 atom stereocenters. The van der Waals surface area contributed by atoms with Crippen LogP contribution in [0.4, 0.5) is 0 Å². The van der Waals surface area contributed by atoms with Gasteiger partial charge >= 0.3 is 5.97 Å². The van der Waals surface area contributed by atoms with E-state index in [1.807, 2.05) is 48.5 Å².